The topological polar surface area (TPSA) is 52.6 Å². The first-order valence-electron chi connectivity index (χ1n) is 7.48. The molecular formula is C15H24BrCl3O4. The first-order chi connectivity index (χ1) is 10.4. The van der Waals surface area contributed by atoms with E-state index in [1.807, 2.05) is 13.8 Å². The third-order valence-corrected chi connectivity index (χ3v) is 4.11. The number of esters is 2. The number of hydrogen-bond acceptors (Lipinski definition) is 4. The van der Waals surface area contributed by atoms with Crippen LogP contribution < -0.4 is 0 Å². The quantitative estimate of drug-likeness (QED) is 0.355. The van der Waals surface area contributed by atoms with Crippen molar-refractivity contribution in [1.29, 1.82) is 0 Å². The van der Waals surface area contributed by atoms with Crippen molar-refractivity contribution in [3.05, 3.63) is 0 Å². The molecule has 0 aliphatic rings. The minimum absolute atomic E-state index is 0.0739. The molecule has 0 amide bonds. The summed E-state index contributed by atoms with van der Waals surface area (Å²) in [5.74, 6) is -0.960. The molecule has 0 fully saturated rings. The van der Waals surface area contributed by atoms with Crippen molar-refractivity contribution in [2.24, 2.45) is 5.41 Å². The van der Waals surface area contributed by atoms with E-state index in [4.69, 9.17) is 44.3 Å². The molecule has 0 aliphatic carbocycles. The van der Waals surface area contributed by atoms with Gasteiger partial charge in [-0.05, 0) is 33.1 Å². The summed E-state index contributed by atoms with van der Waals surface area (Å²) in [7, 11) is 0. The van der Waals surface area contributed by atoms with Crippen molar-refractivity contribution in [2.45, 2.75) is 61.5 Å². The Hall–Kier alpha value is 0.290. The molecule has 0 aromatic heterocycles. The molecule has 0 aromatic carbocycles. The van der Waals surface area contributed by atoms with E-state index in [1.165, 1.54) is 0 Å². The van der Waals surface area contributed by atoms with E-state index >= 15 is 0 Å². The zero-order valence-corrected chi connectivity index (χ0v) is 17.7. The van der Waals surface area contributed by atoms with Gasteiger partial charge in [-0.1, -0.05) is 64.6 Å². The van der Waals surface area contributed by atoms with Crippen molar-refractivity contribution in [2.75, 3.05) is 13.2 Å². The van der Waals surface area contributed by atoms with Crippen molar-refractivity contribution >= 4 is 62.7 Å². The molecule has 2 unspecified atom stereocenters. The zero-order valence-electron chi connectivity index (χ0n) is 13.9. The fraction of sp³-hybridized carbons (Fsp3) is 0.867. The molecule has 2 atom stereocenters. The Labute approximate surface area is 161 Å². The van der Waals surface area contributed by atoms with Crippen LogP contribution in [0.15, 0.2) is 0 Å². The van der Waals surface area contributed by atoms with E-state index in [0.717, 1.165) is 0 Å². The van der Waals surface area contributed by atoms with Crippen molar-refractivity contribution < 1.29 is 19.1 Å². The highest BCUT2D eigenvalue weighted by atomic mass is 79.9. The second kappa shape index (κ2) is 9.69. The third kappa shape index (κ3) is 8.80. The summed E-state index contributed by atoms with van der Waals surface area (Å²) in [6.07, 6.45) is 1.40. The smallest absolute Gasteiger partial charge is 0.322 e. The maximum atomic E-state index is 12.4. The summed E-state index contributed by atoms with van der Waals surface area (Å²) >= 11 is 21.0. The van der Waals surface area contributed by atoms with E-state index in [1.54, 1.807) is 13.8 Å². The zero-order chi connectivity index (χ0) is 18.3. The maximum Gasteiger partial charge on any atom is 0.322 e. The Morgan fingerprint density at radius 1 is 0.913 bits per heavy atom. The second-order valence-corrected chi connectivity index (χ2v) is 10.3. The van der Waals surface area contributed by atoms with Crippen LogP contribution in [0.3, 0.4) is 0 Å². The van der Waals surface area contributed by atoms with Crippen LogP contribution in [0.5, 0.6) is 0 Å². The summed E-state index contributed by atoms with van der Waals surface area (Å²) in [6, 6.07) is 0. The van der Waals surface area contributed by atoms with Gasteiger partial charge in [0, 0.05) is 6.42 Å². The van der Waals surface area contributed by atoms with Gasteiger partial charge in [-0.25, -0.2) is 0 Å². The first-order valence-corrected chi connectivity index (χ1v) is 9.41. The first kappa shape index (κ1) is 23.3. The molecule has 0 aromatic rings. The molecule has 0 heterocycles. The van der Waals surface area contributed by atoms with E-state index in [9.17, 15) is 9.59 Å². The minimum Gasteiger partial charge on any atom is -0.465 e. The van der Waals surface area contributed by atoms with Gasteiger partial charge < -0.3 is 9.47 Å². The van der Waals surface area contributed by atoms with Gasteiger partial charge >= 0.3 is 11.9 Å². The lowest BCUT2D eigenvalue weighted by molar-refractivity contribution is -0.157. The standard InChI is InChI=1S/C15H24BrCl3O4/c1-5-7-22-11(20)13(3,10-15(17,18)19)9-14(4,16)12(21)23-8-6-2/h5-10H2,1-4H3. The molecule has 0 saturated carbocycles. The van der Waals surface area contributed by atoms with Gasteiger partial charge in [0.15, 0.2) is 3.79 Å². The second-order valence-electron chi connectivity index (χ2n) is 6.00. The number of rotatable bonds is 9. The molecule has 23 heavy (non-hydrogen) atoms. The Bertz CT molecular complexity index is 410. The van der Waals surface area contributed by atoms with Crippen LogP contribution in [0.1, 0.15) is 53.4 Å². The van der Waals surface area contributed by atoms with Crippen LogP contribution in [0.2, 0.25) is 0 Å². The molecule has 0 spiro atoms. The average Bonchev–Trinajstić information content (AvgIpc) is 2.38. The SMILES string of the molecule is CCCOC(=O)C(C)(Br)CC(C)(CC(Cl)(Cl)Cl)C(=O)OCCC. The van der Waals surface area contributed by atoms with Crippen LogP contribution in [0.25, 0.3) is 0 Å². The van der Waals surface area contributed by atoms with Gasteiger partial charge in [0.25, 0.3) is 0 Å². The number of hydrogen-bond donors (Lipinski definition) is 0. The number of ether oxygens (including phenoxy) is 2. The lowest BCUT2D eigenvalue weighted by Gasteiger charge is -2.35. The Morgan fingerprint density at radius 3 is 1.74 bits per heavy atom. The number of alkyl halides is 4. The Balaban J connectivity index is 5.27. The van der Waals surface area contributed by atoms with Crippen LogP contribution in [0, 0.1) is 5.41 Å². The Morgan fingerprint density at radius 2 is 1.35 bits per heavy atom. The molecule has 0 radical (unpaired) electrons. The molecule has 8 heteroatoms. The van der Waals surface area contributed by atoms with E-state index in [2.05, 4.69) is 15.9 Å². The maximum absolute atomic E-state index is 12.4. The van der Waals surface area contributed by atoms with E-state index < -0.39 is 25.5 Å². The molecule has 0 rings (SSSR count). The van der Waals surface area contributed by atoms with Crippen molar-refractivity contribution in [1.82, 2.24) is 0 Å². The molecule has 0 N–H and O–H groups in total. The van der Waals surface area contributed by atoms with Crippen molar-refractivity contribution in [3.63, 3.8) is 0 Å². The monoisotopic (exact) mass is 452 g/mol. The normalized spacial score (nSPS) is 17.0. The lowest BCUT2D eigenvalue weighted by Crippen LogP contribution is -2.43. The predicted molar refractivity (Wildman–Crippen MR) is 97.5 cm³/mol. The van der Waals surface area contributed by atoms with Gasteiger partial charge in [0.05, 0.1) is 18.6 Å². The Kier molecular flexibility index (Phi) is 9.81. The van der Waals surface area contributed by atoms with Gasteiger partial charge in [0.1, 0.15) is 4.32 Å². The molecule has 0 saturated heterocycles. The largest absolute Gasteiger partial charge is 0.465 e. The molecule has 4 nitrogen and oxygen atoms in total. The molecule has 0 aliphatic heterocycles. The molecular weight excluding hydrogens is 430 g/mol. The summed E-state index contributed by atoms with van der Waals surface area (Å²) in [5.41, 5.74) is -1.15. The fourth-order valence-corrected chi connectivity index (χ4v) is 3.79. The van der Waals surface area contributed by atoms with Gasteiger partial charge in [-0.15, -0.1) is 0 Å². The van der Waals surface area contributed by atoms with Gasteiger partial charge in [-0.3, -0.25) is 9.59 Å². The van der Waals surface area contributed by atoms with Crippen molar-refractivity contribution in [3.8, 4) is 0 Å². The van der Waals surface area contributed by atoms with E-state index in [0.29, 0.717) is 19.4 Å². The third-order valence-electron chi connectivity index (χ3n) is 3.11. The molecule has 0 bridgehead atoms. The lowest BCUT2D eigenvalue weighted by atomic mass is 9.79. The number of carbonyl (C=O) groups excluding carboxylic acids is 2. The van der Waals surface area contributed by atoms with Gasteiger partial charge in [0.2, 0.25) is 0 Å². The highest BCUT2D eigenvalue weighted by Gasteiger charge is 2.48. The fourth-order valence-electron chi connectivity index (χ4n) is 2.17. The minimum atomic E-state index is -1.64. The van der Waals surface area contributed by atoms with Crippen LogP contribution in [0.4, 0.5) is 0 Å². The summed E-state index contributed by atoms with van der Waals surface area (Å²) in [5, 5.41) is 0. The predicted octanol–water partition coefficient (Wildman–Crippen LogP) is 5.20. The van der Waals surface area contributed by atoms with Crippen LogP contribution >= 0.6 is 50.7 Å². The van der Waals surface area contributed by atoms with E-state index in [-0.39, 0.29) is 19.4 Å². The average molecular weight is 455 g/mol. The highest BCUT2D eigenvalue weighted by Crippen LogP contribution is 2.46. The summed E-state index contributed by atoms with van der Waals surface area (Å²) in [6.45, 7) is 7.62. The summed E-state index contributed by atoms with van der Waals surface area (Å²) in [4.78, 5) is 24.6. The summed E-state index contributed by atoms with van der Waals surface area (Å²) < 4.78 is 7.65. The van der Waals surface area contributed by atoms with Gasteiger partial charge in [-0.2, -0.15) is 0 Å². The number of halogens is 4. The van der Waals surface area contributed by atoms with Crippen LogP contribution in [-0.2, 0) is 19.1 Å². The van der Waals surface area contributed by atoms with Crippen LogP contribution in [-0.4, -0.2) is 33.3 Å². The number of carbonyl (C=O) groups is 2. The molecule has 136 valence electrons. The highest BCUT2D eigenvalue weighted by molar-refractivity contribution is 9.10.